The van der Waals surface area contributed by atoms with E-state index in [4.69, 9.17) is 0 Å². The summed E-state index contributed by atoms with van der Waals surface area (Å²) < 4.78 is 0. The van der Waals surface area contributed by atoms with Crippen LogP contribution in [0, 0.1) is 11.8 Å². The molecule has 2 aromatic rings. The van der Waals surface area contributed by atoms with Crippen molar-refractivity contribution < 1.29 is 5.11 Å². The topological polar surface area (TPSA) is 20.2 Å². The minimum absolute atomic E-state index is 0.713. The summed E-state index contributed by atoms with van der Waals surface area (Å²) in [5.41, 5.74) is 2.12. The van der Waals surface area contributed by atoms with Crippen molar-refractivity contribution >= 4 is 23.1 Å². The Morgan fingerprint density at radius 2 is 2.06 bits per heavy atom. The van der Waals surface area contributed by atoms with E-state index in [2.05, 4.69) is 18.1 Å². The van der Waals surface area contributed by atoms with Gasteiger partial charge in [-0.05, 0) is 28.8 Å². The molecule has 0 amide bonds. The summed E-state index contributed by atoms with van der Waals surface area (Å²) in [6, 6.07) is 11.9. The zero-order valence-corrected chi connectivity index (χ0v) is 11.7. The third kappa shape index (κ3) is 3.64. The van der Waals surface area contributed by atoms with Crippen molar-refractivity contribution in [3.8, 4) is 11.8 Å². The molecule has 1 heterocycles. The average Bonchev–Trinajstić information content (AvgIpc) is 2.90. The van der Waals surface area contributed by atoms with Crippen LogP contribution >= 0.6 is 23.1 Å². The van der Waals surface area contributed by atoms with Crippen LogP contribution in [0.4, 0.5) is 0 Å². The molecule has 0 fully saturated rings. The standard InChI is InChI=1S/C15H14OS2/c1-17-11-12-4-6-13(7-5-12)15(16)9-8-14-3-2-10-18-14/h2-7,10,15-16H,11H2,1H3. The number of thiophene rings is 1. The van der Waals surface area contributed by atoms with E-state index in [1.165, 1.54) is 5.56 Å². The highest BCUT2D eigenvalue weighted by Crippen LogP contribution is 2.16. The summed E-state index contributed by atoms with van der Waals surface area (Å²) in [6.07, 6.45) is 1.37. The Morgan fingerprint density at radius 1 is 1.28 bits per heavy atom. The van der Waals surface area contributed by atoms with Crippen molar-refractivity contribution in [1.82, 2.24) is 0 Å². The van der Waals surface area contributed by atoms with Crippen molar-refractivity contribution in [2.24, 2.45) is 0 Å². The van der Waals surface area contributed by atoms with Gasteiger partial charge in [-0.2, -0.15) is 11.8 Å². The zero-order valence-electron chi connectivity index (χ0n) is 10.1. The molecule has 1 aromatic heterocycles. The van der Waals surface area contributed by atoms with Crippen molar-refractivity contribution in [3.63, 3.8) is 0 Å². The van der Waals surface area contributed by atoms with Crippen LogP contribution in [0.2, 0.25) is 0 Å². The largest absolute Gasteiger partial charge is 0.376 e. The summed E-state index contributed by atoms with van der Waals surface area (Å²) in [4.78, 5) is 0.980. The van der Waals surface area contributed by atoms with Crippen molar-refractivity contribution in [2.45, 2.75) is 11.9 Å². The van der Waals surface area contributed by atoms with E-state index in [0.29, 0.717) is 0 Å². The molecular weight excluding hydrogens is 260 g/mol. The maximum Gasteiger partial charge on any atom is 0.140 e. The Bertz CT molecular complexity index is 532. The molecule has 92 valence electrons. The molecule has 1 N–H and O–H groups in total. The van der Waals surface area contributed by atoms with Gasteiger partial charge in [-0.3, -0.25) is 0 Å². The van der Waals surface area contributed by atoms with Gasteiger partial charge in [-0.15, -0.1) is 11.3 Å². The highest BCUT2D eigenvalue weighted by molar-refractivity contribution is 7.97. The van der Waals surface area contributed by atoms with Crippen molar-refractivity contribution in [1.29, 1.82) is 0 Å². The van der Waals surface area contributed by atoms with Crippen molar-refractivity contribution in [3.05, 3.63) is 57.8 Å². The number of benzene rings is 1. The van der Waals surface area contributed by atoms with E-state index in [9.17, 15) is 5.11 Å². The molecule has 0 aliphatic rings. The fourth-order valence-corrected chi connectivity index (χ4v) is 2.64. The first-order valence-corrected chi connectivity index (χ1v) is 7.88. The van der Waals surface area contributed by atoms with E-state index >= 15 is 0 Å². The quantitative estimate of drug-likeness (QED) is 0.861. The second-order valence-electron chi connectivity index (χ2n) is 3.82. The molecule has 0 aliphatic heterocycles. The lowest BCUT2D eigenvalue weighted by atomic mass is 10.1. The molecule has 0 saturated heterocycles. The van der Waals surface area contributed by atoms with Gasteiger partial charge in [-0.1, -0.05) is 42.2 Å². The fourth-order valence-electron chi connectivity index (χ4n) is 1.54. The molecule has 1 nitrogen and oxygen atoms in total. The SMILES string of the molecule is CSCc1ccc(C(O)C#Cc2cccs2)cc1. The molecule has 3 heteroatoms. The summed E-state index contributed by atoms with van der Waals surface area (Å²) in [5.74, 6) is 6.84. The molecular formula is C15H14OS2. The van der Waals surface area contributed by atoms with E-state index in [-0.39, 0.29) is 0 Å². The molecule has 0 radical (unpaired) electrons. The summed E-state index contributed by atoms with van der Waals surface area (Å²) >= 11 is 3.37. The number of hydrogen-bond donors (Lipinski definition) is 1. The van der Waals surface area contributed by atoms with Crippen LogP contribution in [0.1, 0.15) is 22.1 Å². The number of aliphatic hydroxyl groups excluding tert-OH is 1. The molecule has 0 aliphatic carbocycles. The Balaban J connectivity index is 2.06. The van der Waals surface area contributed by atoms with Gasteiger partial charge in [0.2, 0.25) is 0 Å². The molecule has 2 rings (SSSR count). The second kappa shape index (κ2) is 6.65. The van der Waals surface area contributed by atoms with E-state index in [0.717, 1.165) is 16.2 Å². The van der Waals surface area contributed by atoms with Gasteiger partial charge in [0.25, 0.3) is 0 Å². The van der Waals surface area contributed by atoms with E-state index in [1.54, 1.807) is 23.1 Å². The number of aliphatic hydroxyl groups is 1. The molecule has 1 atom stereocenters. The maximum atomic E-state index is 9.97. The summed E-state index contributed by atoms with van der Waals surface area (Å²) in [5, 5.41) is 11.9. The maximum absolute atomic E-state index is 9.97. The van der Waals surface area contributed by atoms with Crippen LogP contribution in [0.25, 0.3) is 0 Å². The van der Waals surface area contributed by atoms with Crippen LogP contribution in [-0.4, -0.2) is 11.4 Å². The van der Waals surface area contributed by atoms with Crippen LogP contribution in [0.15, 0.2) is 41.8 Å². The second-order valence-corrected chi connectivity index (χ2v) is 5.64. The zero-order chi connectivity index (χ0) is 12.8. The van der Waals surface area contributed by atoms with E-state index < -0.39 is 6.10 Å². The van der Waals surface area contributed by atoms with Gasteiger partial charge in [0.1, 0.15) is 6.10 Å². The number of rotatable bonds is 3. The molecule has 0 saturated carbocycles. The number of thioether (sulfide) groups is 1. The predicted octanol–water partition coefficient (Wildman–Crippen LogP) is 3.70. The Hall–Kier alpha value is -1.21. The first kappa shape index (κ1) is 13.2. The van der Waals surface area contributed by atoms with Crippen LogP contribution < -0.4 is 0 Å². The van der Waals surface area contributed by atoms with Crippen LogP contribution in [-0.2, 0) is 5.75 Å². The monoisotopic (exact) mass is 274 g/mol. The highest BCUT2D eigenvalue weighted by atomic mass is 32.2. The predicted molar refractivity (Wildman–Crippen MR) is 79.8 cm³/mol. The molecule has 1 aromatic carbocycles. The lowest BCUT2D eigenvalue weighted by Gasteiger charge is -2.04. The number of hydrogen-bond acceptors (Lipinski definition) is 3. The molecule has 18 heavy (non-hydrogen) atoms. The van der Waals surface area contributed by atoms with Gasteiger partial charge >= 0.3 is 0 Å². The minimum Gasteiger partial charge on any atom is -0.376 e. The Labute approximate surface area is 116 Å². The lowest BCUT2D eigenvalue weighted by Crippen LogP contribution is -1.93. The molecule has 1 unspecified atom stereocenters. The van der Waals surface area contributed by atoms with Gasteiger partial charge in [0.15, 0.2) is 0 Å². The third-order valence-corrected chi connectivity index (χ3v) is 3.87. The fraction of sp³-hybridized carbons (Fsp3) is 0.200. The average molecular weight is 274 g/mol. The van der Waals surface area contributed by atoms with Gasteiger partial charge in [-0.25, -0.2) is 0 Å². The molecule has 0 spiro atoms. The Morgan fingerprint density at radius 3 is 2.67 bits per heavy atom. The van der Waals surface area contributed by atoms with E-state index in [1.807, 2.05) is 41.8 Å². The van der Waals surface area contributed by atoms with Crippen LogP contribution in [0.3, 0.4) is 0 Å². The van der Waals surface area contributed by atoms with Crippen LogP contribution in [0.5, 0.6) is 0 Å². The van der Waals surface area contributed by atoms with Crippen molar-refractivity contribution in [2.75, 3.05) is 6.26 Å². The Kier molecular flexibility index (Phi) is 4.89. The van der Waals surface area contributed by atoms with Gasteiger partial charge in [0.05, 0.1) is 4.88 Å². The smallest absolute Gasteiger partial charge is 0.140 e. The lowest BCUT2D eigenvalue weighted by molar-refractivity contribution is 0.238. The third-order valence-electron chi connectivity index (χ3n) is 2.46. The minimum atomic E-state index is -0.713. The first-order valence-electron chi connectivity index (χ1n) is 5.60. The summed E-state index contributed by atoms with van der Waals surface area (Å²) in [6.45, 7) is 0. The summed E-state index contributed by atoms with van der Waals surface area (Å²) in [7, 11) is 0. The highest BCUT2D eigenvalue weighted by Gasteiger charge is 2.03. The molecule has 0 bridgehead atoms. The normalized spacial score (nSPS) is 11.7. The van der Waals surface area contributed by atoms with Gasteiger partial charge < -0.3 is 5.11 Å². The van der Waals surface area contributed by atoms with Gasteiger partial charge in [0, 0.05) is 5.75 Å². The first-order chi connectivity index (χ1) is 8.79.